The largest absolute Gasteiger partial charge is 0.493 e. The summed E-state index contributed by atoms with van der Waals surface area (Å²) in [6.07, 6.45) is 1.64. The number of aromatic nitrogens is 1. The van der Waals surface area contributed by atoms with E-state index in [1.165, 1.54) is 24.3 Å². The number of hydrogen-bond donors (Lipinski definition) is 3. The van der Waals surface area contributed by atoms with Gasteiger partial charge in [0.15, 0.2) is 0 Å². The number of carboxylic acid groups (broad SMARTS) is 1. The smallest absolute Gasteiger partial charge is 0.337 e. The van der Waals surface area contributed by atoms with Gasteiger partial charge in [-0.2, -0.15) is 0 Å². The van der Waals surface area contributed by atoms with Gasteiger partial charge in [-0.1, -0.05) is 35.9 Å². The van der Waals surface area contributed by atoms with E-state index in [0.29, 0.717) is 5.02 Å². The molecule has 0 aliphatic heterocycles. The van der Waals surface area contributed by atoms with Crippen molar-refractivity contribution in [2.24, 2.45) is 0 Å². The molecule has 0 saturated carbocycles. The van der Waals surface area contributed by atoms with E-state index < -0.39 is 5.97 Å². The van der Waals surface area contributed by atoms with Crippen molar-refractivity contribution < 1.29 is 19.8 Å². The summed E-state index contributed by atoms with van der Waals surface area (Å²) in [5, 5.41) is 21.4. The molecule has 27 heavy (non-hydrogen) atoms. The van der Waals surface area contributed by atoms with Crippen LogP contribution in [0.4, 0.5) is 5.69 Å². The SMILES string of the molecule is O=C(Cc1ccc(-c2ccc(O)nc2)cc1)Nc1cc(Cl)ccc1C(=O)O. The fraction of sp³-hybridized carbons (Fsp3) is 0.0500. The molecular formula is C20H15ClN2O4. The summed E-state index contributed by atoms with van der Waals surface area (Å²) < 4.78 is 0. The van der Waals surface area contributed by atoms with Crippen LogP contribution in [-0.4, -0.2) is 27.1 Å². The van der Waals surface area contributed by atoms with Gasteiger partial charge in [0, 0.05) is 22.8 Å². The van der Waals surface area contributed by atoms with Crippen LogP contribution in [-0.2, 0) is 11.2 Å². The molecule has 0 atom stereocenters. The van der Waals surface area contributed by atoms with E-state index in [-0.39, 0.29) is 29.5 Å². The van der Waals surface area contributed by atoms with Crippen molar-refractivity contribution >= 4 is 29.2 Å². The van der Waals surface area contributed by atoms with Crippen LogP contribution >= 0.6 is 11.6 Å². The zero-order valence-corrected chi connectivity index (χ0v) is 14.8. The van der Waals surface area contributed by atoms with Crippen LogP contribution < -0.4 is 5.32 Å². The topological polar surface area (TPSA) is 99.5 Å². The molecule has 0 unspecified atom stereocenters. The highest BCUT2D eigenvalue weighted by Crippen LogP contribution is 2.23. The van der Waals surface area contributed by atoms with Crippen LogP contribution in [0.15, 0.2) is 60.8 Å². The maximum Gasteiger partial charge on any atom is 0.337 e. The molecule has 1 aromatic heterocycles. The molecule has 0 spiro atoms. The van der Waals surface area contributed by atoms with Gasteiger partial charge < -0.3 is 15.5 Å². The number of aromatic hydroxyl groups is 1. The number of aromatic carboxylic acids is 1. The first-order valence-electron chi connectivity index (χ1n) is 7.99. The first kappa shape index (κ1) is 18.4. The number of anilines is 1. The van der Waals surface area contributed by atoms with Crippen molar-refractivity contribution in [3.63, 3.8) is 0 Å². The molecule has 2 aromatic carbocycles. The Labute approximate surface area is 160 Å². The Morgan fingerprint density at radius 1 is 1.00 bits per heavy atom. The van der Waals surface area contributed by atoms with Crippen molar-refractivity contribution in [1.29, 1.82) is 0 Å². The van der Waals surface area contributed by atoms with Crippen LogP contribution in [0.25, 0.3) is 11.1 Å². The number of carbonyl (C=O) groups is 2. The lowest BCUT2D eigenvalue weighted by molar-refractivity contribution is -0.115. The Morgan fingerprint density at radius 2 is 1.70 bits per heavy atom. The highest BCUT2D eigenvalue weighted by Gasteiger charge is 2.13. The Balaban J connectivity index is 1.71. The molecule has 0 bridgehead atoms. The molecule has 0 radical (unpaired) electrons. The first-order chi connectivity index (χ1) is 12.9. The lowest BCUT2D eigenvalue weighted by atomic mass is 10.0. The monoisotopic (exact) mass is 382 g/mol. The number of amides is 1. The number of nitrogens with one attached hydrogen (secondary N) is 1. The predicted octanol–water partition coefficient (Wildman–Crippen LogP) is 3.99. The average Bonchev–Trinajstić information content (AvgIpc) is 2.63. The normalized spacial score (nSPS) is 10.4. The molecule has 3 N–H and O–H groups in total. The minimum Gasteiger partial charge on any atom is -0.493 e. The van der Waals surface area contributed by atoms with Gasteiger partial charge in [0.05, 0.1) is 17.7 Å². The third-order valence-corrected chi connectivity index (χ3v) is 4.12. The van der Waals surface area contributed by atoms with Gasteiger partial charge in [0.1, 0.15) is 0 Å². The Kier molecular flexibility index (Phi) is 5.38. The summed E-state index contributed by atoms with van der Waals surface area (Å²) in [5.41, 5.74) is 2.64. The van der Waals surface area contributed by atoms with Gasteiger partial charge in [0.2, 0.25) is 11.8 Å². The summed E-state index contributed by atoms with van der Waals surface area (Å²) in [7, 11) is 0. The summed E-state index contributed by atoms with van der Waals surface area (Å²) in [5.74, 6) is -1.54. The van der Waals surface area contributed by atoms with Crippen LogP contribution in [0, 0.1) is 0 Å². The van der Waals surface area contributed by atoms with Crippen LogP contribution in [0.2, 0.25) is 5.02 Å². The highest BCUT2D eigenvalue weighted by molar-refractivity contribution is 6.31. The molecule has 0 aliphatic rings. The zero-order valence-electron chi connectivity index (χ0n) is 14.0. The van der Waals surface area contributed by atoms with E-state index in [0.717, 1.165) is 16.7 Å². The minimum absolute atomic E-state index is 0.0251. The molecule has 1 heterocycles. The molecule has 3 aromatic rings. The maximum absolute atomic E-state index is 12.3. The quantitative estimate of drug-likeness (QED) is 0.619. The van der Waals surface area contributed by atoms with Gasteiger partial charge >= 0.3 is 5.97 Å². The second-order valence-corrected chi connectivity index (χ2v) is 6.26. The molecule has 0 aliphatic carbocycles. The number of carbonyl (C=O) groups excluding carboxylic acids is 1. The number of carboxylic acids is 1. The number of benzene rings is 2. The number of hydrogen-bond acceptors (Lipinski definition) is 4. The minimum atomic E-state index is -1.14. The summed E-state index contributed by atoms with van der Waals surface area (Å²) in [6.45, 7) is 0. The predicted molar refractivity (Wildman–Crippen MR) is 102 cm³/mol. The lowest BCUT2D eigenvalue weighted by Gasteiger charge is -2.09. The molecular weight excluding hydrogens is 368 g/mol. The second-order valence-electron chi connectivity index (χ2n) is 5.82. The molecule has 6 nitrogen and oxygen atoms in total. The summed E-state index contributed by atoms with van der Waals surface area (Å²) in [4.78, 5) is 27.4. The van der Waals surface area contributed by atoms with Crippen molar-refractivity contribution in [3.8, 4) is 17.0 Å². The number of rotatable bonds is 5. The van der Waals surface area contributed by atoms with Crippen LogP contribution in [0.1, 0.15) is 15.9 Å². The third kappa shape index (κ3) is 4.62. The van der Waals surface area contributed by atoms with Gasteiger partial charge in [-0.3, -0.25) is 4.79 Å². The van der Waals surface area contributed by atoms with E-state index in [9.17, 15) is 19.8 Å². The zero-order chi connectivity index (χ0) is 19.4. The Morgan fingerprint density at radius 3 is 2.33 bits per heavy atom. The molecule has 136 valence electrons. The lowest BCUT2D eigenvalue weighted by Crippen LogP contribution is -2.16. The summed E-state index contributed by atoms with van der Waals surface area (Å²) >= 11 is 5.89. The Bertz CT molecular complexity index is 986. The standard InChI is InChI=1S/C20H15ClN2O4/c21-15-6-7-16(20(26)27)17(10-15)23-19(25)9-12-1-3-13(4-2-12)14-5-8-18(24)22-11-14/h1-8,10-11H,9H2,(H,22,24)(H,23,25)(H,26,27). The molecule has 7 heteroatoms. The van der Waals surface area contributed by atoms with E-state index in [4.69, 9.17) is 11.6 Å². The molecule has 3 rings (SSSR count). The summed E-state index contributed by atoms with van der Waals surface area (Å²) in [6, 6.07) is 14.8. The van der Waals surface area contributed by atoms with Crippen molar-refractivity contribution in [1.82, 2.24) is 4.98 Å². The van der Waals surface area contributed by atoms with Crippen molar-refractivity contribution in [2.45, 2.75) is 6.42 Å². The van der Waals surface area contributed by atoms with Crippen molar-refractivity contribution in [2.75, 3.05) is 5.32 Å². The van der Waals surface area contributed by atoms with Crippen molar-refractivity contribution in [3.05, 3.63) is 76.9 Å². The van der Waals surface area contributed by atoms with Gasteiger partial charge in [-0.15, -0.1) is 0 Å². The maximum atomic E-state index is 12.3. The van der Waals surface area contributed by atoms with E-state index >= 15 is 0 Å². The van der Waals surface area contributed by atoms with Gasteiger partial charge in [0.25, 0.3) is 0 Å². The van der Waals surface area contributed by atoms with Crippen LogP contribution in [0.5, 0.6) is 5.88 Å². The third-order valence-electron chi connectivity index (χ3n) is 3.89. The number of halogens is 1. The van der Waals surface area contributed by atoms with E-state index in [1.54, 1.807) is 24.4 Å². The molecule has 1 amide bonds. The van der Waals surface area contributed by atoms with E-state index in [2.05, 4.69) is 10.3 Å². The van der Waals surface area contributed by atoms with E-state index in [1.807, 2.05) is 12.1 Å². The number of pyridine rings is 1. The van der Waals surface area contributed by atoms with Gasteiger partial charge in [-0.05, 0) is 35.4 Å². The van der Waals surface area contributed by atoms with Crippen LogP contribution in [0.3, 0.4) is 0 Å². The second kappa shape index (κ2) is 7.88. The first-order valence-corrected chi connectivity index (χ1v) is 8.37. The average molecular weight is 383 g/mol. The Hall–Kier alpha value is -3.38. The molecule has 0 saturated heterocycles. The number of nitrogens with zero attached hydrogens (tertiary/aromatic N) is 1. The fourth-order valence-corrected chi connectivity index (χ4v) is 2.73. The highest BCUT2D eigenvalue weighted by atomic mass is 35.5. The van der Waals surface area contributed by atoms with Gasteiger partial charge in [-0.25, -0.2) is 9.78 Å². The fourth-order valence-electron chi connectivity index (χ4n) is 2.56. The molecule has 0 fully saturated rings.